The molecule has 5 heteroatoms. The molecule has 1 rings (SSSR count). The summed E-state index contributed by atoms with van der Waals surface area (Å²) in [4.78, 5) is 24.7. The van der Waals surface area contributed by atoms with Crippen molar-refractivity contribution in [3.05, 3.63) is 11.8 Å². The van der Waals surface area contributed by atoms with Gasteiger partial charge in [-0.15, -0.1) is 0 Å². The van der Waals surface area contributed by atoms with Gasteiger partial charge in [-0.1, -0.05) is 6.92 Å². The van der Waals surface area contributed by atoms with E-state index in [9.17, 15) is 9.59 Å². The highest BCUT2D eigenvalue weighted by molar-refractivity contribution is 5.95. The first kappa shape index (κ1) is 13.5. The molecule has 96 valence electrons. The van der Waals surface area contributed by atoms with Crippen LogP contribution in [0.4, 0.5) is 0 Å². The minimum absolute atomic E-state index is 0.284. The summed E-state index contributed by atoms with van der Waals surface area (Å²) in [6.07, 6.45) is 3.22. The molecular formula is C12H19NO4. The SMILES string of the molecule is COC(=O)/C=C(\C(=O)OC)N1CCC(C)CC1. The second-order valence-electron chi connectivity index (χ2n) is 4.21. The maximum Gasteiger partial charge on any atom is 0.354 e. The molecule has 0 unspecified atom stereocenters. The molecular weight excluding hydrogens is 222 g/mol. The van der Waals surface area contributed by atoms with Gasteiger partial charge in [0, 0.05) is 13.1 Å². The zero-order valence-corrected chi connectivity index (χ0v) is 10.6. The molecule has 1 aliphatic heterocycles. The summed E-state index contributed by atoms with van der Waals surface area (Å²) in [5, 5.41) is 0. The van der Waals surface area contributed by atoms with Gasteiger partial charge < -0.3 is 14.4 Å². The molecule has 0 bridgehead atoms. The molecule has 1 aliphatic rings. The summed E-state index contributed by atoms with van der Waals surface area (Å²) in [5.74, 6) is -0.378. The van der Waals surface area contributed by atoms with E-state index in [0.29, 0.717) is 5.92 Å². The third kappa shape index (κ3) is 3.76. The second-order valence-corrected chi connectivity index (χ2v) is 4.21. The summed E-state index contributed by atoms with van der Waals surface area (Å²) in [7, 11) is 2.59. The van der Waals surface area contributed by atoms with E-state index in [1.165, 1.54) is 20.3 Å². The molecule has 5 nitrogen and oxygen atoms in total. The third-order valence-corrected chi connectivity index (χ3v) is 2.97. The van der Waals surface area contributed by atoms with Gasteiger partial charge in [0.25, 0.3) is 0 Å². The summed E-state index contributed by atoms with van der Waals surface area (Å²) >= 11 is 0. The quantitative estimate of drug-likeness (QED) is 0.544. The molecule has 0 atom stereocenters. The minimum Gasteiger partial charge on any atom is -0.466 e. The number of piperidine rings is 1. The molecule has 0 N–H and O–H groups in total. The predicted octanol–water partition coefficient (Wildman–Crippen LogP) is 0.948. The highest BCUT2D eigenvalue weighted by Crippen LogP contribution is 2.20. The van der Waals surface area contributed by atoms with Crippen LogP contribution in [0.15, 0.2) is 11.8 Å². The Labute approximate surface area is 101 Å². The molecule has 1 fully saturated rings. The van der Waals surface area contributed by atoms with Crippen molar-refractivity contribution in [1.82, 2.24) is 4.90 Å². The maximum absolute atomic E-state index is 11.6. The molecule has 0 aromatic carbocycles. The van der Waals surface area contributed by atoms with Crippen LogP contribution in [0.1, 0.15) is 19.8 Å². The molecule has 0 amide bonds. The van der Waals surface area contributed by atoms with Gasteiger partial charge in [-0.25, -0.2) is 9.59 Å². The van der Waals surface area contributed by atoms with Crippen LogP contribution in [0.25, 0.3) is 0 Å². The molecule has 1 heterocycles. The first-order valence-corrected chi connectivity index (χ1v) is 5.71. The predicted molar refractivity (Wildman–Crippen MR) is 62.1 cm³/mol. The molecule has 0 aromatic heterocycles. The number of ether oxygens (including phenoxy) is 2. The average molecular weight is 241 g/mol. The molecule has 0 radical (unpaired) electrons. The number of rotatable bonds is 3. The van der Waals surface area contributed by atoms with Crippen LogP contribution in [-0.2, 0) is 19.1 Å². The zero-order valence-electron chi connectivity index (χ0n) is 10.6. The lowest BCUT2D eigenvalue weighted by Gasteiger charge is -2.32. The monoisotopic (exact) mass is 241 g/mol. The Balaban J connectivity index is 2.80. The smallest absolute Gasteiger partial charge is 0.354 e. The maximum atomic E-state index is 11.6. The lowest BCUT2D eigenvalue weighted by atomic mass is 9.99. The van der Waals surface area contributed by atoms with Crippen molar-refractivity contribution in [2.24, 2.45) is 5.92 Å². The summed E-state index contributed by atoms with van der Waals surface area (Å²) in [6.45, 7) is 3.71. The molecule has 0 aromatic rings. The van der Waals surface area contributed by atoms with E-state index in [1.807, 2.05) is 4.90 Å². The Kier molecular flexibility index (Phi) is 5.00. The topological polar surface area (TPSA) is 55.8 Å². The van der Waals surface area contributed by atoms with Gasteiger partial charge in [0.1, 0.15) is 5.70 Å². The van der Waals surface area contributed by atoms with Gasteiger partial charge in [-0.2, -0.15) is 0 Å². The number of methoxy groups -OCH3 is 2. The van der Waals surface area contributed by atoms with Crippen molar-refractivity contribution in [2.75, 3.05) is 27.3 Å². The zero-order chi connectivity index (χ0) is 12.8. The van der Waals surface area contributed by atoms with Crippen molar-refractivity contribution >= 4 is 11.9 Å². The van der Waals surface area contributed by atoms with Crippen LogP contribution in [-0.4, -0.2) is 44.1 Å². The molecule has 1 saturated heterocycles. The van der Waals surface area contributed by atoms with Crippen LogP contribution in [0.2, 0.25) is 0 Å². The van der Waals surface area contributed by atoms with Gasteiger partial charge in [0.15, 0.2) is 0 Å². The van der Waals surface area contributed by atoms with E-state index in [0.717, 1.165) is 25.9 Å². The average Bonchev–Trinajstić information content (AvgIpc) is 2.36. The number of nitrogens with zero attached hydrogens (tertiary/aromatic N) is 1. The first-order valence-electron chi connectivity index (χ1n) is 5.71. The van der Waals surface area contributed by atoms with Crippen LogP contribution in [0.5, 0.6) is 0 Å². The number of hydrogen-bond acceptors (Lipinski definition) is 5. The molecule has 17 heavy (non-hydrogen) atoms. The number of hydrogen-bond donors (Lipinski definition) is 0. The third-order valence-electron chi connectivity index (χ3n) is 2.97. The molecule has 0 spiro atoms. The number of carbonyl (C=O) groups excluding carboxylic acids is 2. The van der Waals surface area contributed by atoms with Crippen molar-refractivity contribution < 1.29 is 19.1 Å². The first-order chi connectivity index (χ1) is 8.08. The highest BCUT2D eigenvalue weighted by Gasteiger charge is 2.23. The van der Waals surface area contributed by atoms with Crippen molar-refractivity contribution in [3.8, 4) is 0 Å². The molecule has 0 aliphatic carbocycles. The second kappa shape index (κ2) is 6.27. The van der Waals surface area contributed by atoms with Gasteiger partial charge in [-0.05, 0) is 18.8 Å². The van der Waals surface area contributed by atoms with Crippen LogP contribution < -0.4 is 0 Å². The number of likely N-dealkylation sites (tertiary alicyclic amines) is 1. The van der Waals surface area contributed by atoms with Gasteiger partial charge >= 0.3 is 11.9 Å². The van der Waals surface area contributed by atoms with Gasteiger partial charge in [0.05, 0.1) is 20.3 Å². The van der Waals surface area contributed by atoms with E-state index < -0.39 is 11.9 Å². The van der Waals surface area contributed by atoms with Crippen LogP contribution in [0, 0.1) is 5.92 Å². The minimum atomic E-state index is -0.538. The van der Waals surface area contributed by atoms with Gasteiger partial charge in [0.2, 0.25) is 0 Å². The Morgan fingerprint density at radius 1 is 1.18 bits per heavy atom. The summed E-state index contributed by atoms with van der Waals surface area (Å²) < 4.78 is 9.22. The fourth-order valence-electron chi connectivity index (χ4n) is 1.80. The summed E-state index contributed by atoms with van der Waals surface area (Å²) in [5.41, 5.74) is 0.284. The Hall–Kier alpha value is -1.52. The standard InChI is InChI=1S/C12H19NO4/c1-9-4-6-13(7-5-9)10(12(15)17-3)8-11(14)16-2/h8-9H,4-7H2,1-3H3/b10-8+. The fourth-order valence-corrected chi connectivity index (χ4v) is 1.80. The molecule has 0 saturated carbocycles. The van der Waals surface area contributed by atoms with Crippen molar-refractivity contribution in [3.63, 3.8) is 0 Å². The Morgan fingerprint density at radius 3 is 2.24 bits per heavy atom. The normalized spacial score (nSPS) is 17.8. The number of esters is 2. The Bertz CT molecular complexity index is 316. The van der Waals surface area contributed by atoms with Crippen molar-refractivity contribution in [2.45, 2.75) is 19.8 Å². The van der Waals surface area contributed by atoms with Crippen molar-refractivity contribution in [1.29, 1.82) is 0 Å². The van der Waals surface area contributed by atoms with E-state index in [4.69, 9.17) is 0 Å². The van der Waals surface area contributed by atoms with E-state index >= 15 is 0 Å². The Morgan fingerprint density at radius 2 is 1.76 bits per heavy atom. The van der Waals surface area contributed by atoms with Crippen LogP contribution >= 0.6 is 0 Å². The largest absolute Gasteiger partial charge is 0.466 e. The van der Waals surface area contributed by atoms with E-state index in [1.54, 1.807) is 0 Å². The van der Waals surface area contributed by atoms with E-state index in [-0.39, 0.29) is 5.70 Å². The number of carbonyl (C=O) groups is 2. The fraction of sp³-hybridized carbons (Fsp3) is 0.667. The lowest BCUT2D eigenvalue weighted by molar-refractivity contribution is -0.140. The lowest BCUT2D eigenvalue weighted by Crippen LogP contribution is -2.36. The van der Waals surface area contributed by atoms with Gasteiger partial charge in [-0.3, -0.25) is 0 Å². The van der Waals surface area contributed by atoms with E-state index in [2.05, 4.69) is 16.4 Å². The highest BCUT2D eigenvalue weighted by atomic mass is 16.5. The summed E-state index contributed by atoms with van der Waals surface area (Å²) in [6, 6.07) is 0. The van der Waals surface area contributed by atoms with Crippen LogP contribution in [0.3, 0.4) is 0 Å².